The molecule has 172 valence electrons. The summed E-state index contributed by atoms with van der Waals surface area (Å²) in [6.07, 6.45) is 0.770. The maximum Gasteiger partial charge on any atom is 0.339 e. The van der Waals surface area contributed by atoms with Crippen molar-refractivity contribution in [2.75, 3.05) is 7.11 Å². The number of ketones is 1. The van der Waals surface area contributed by atoms with E-state index in [1.165, 1.54) is 18.9 Å². The molecule has 0 aliphatic carbocycles. The molecule has 0 aliphatic heterocycles. The molecule has 0 bridgehead atoms. The van der Waals surface area contributed by atoms with E-state index in [1.807, 2.05) is 29.5 Å². The molecule has 9 nitrogen and oxygen atoms in total. The van der Waals surface area contributed by atoms with Gasteiger partial charge in [-0.3, -0.25) is 18.6 Å². The van der Waals surface area contributed by atoms with Crippen molar-refractivity contribution in [1.82, 2.24) is 24.1 Å². The number of nitrogens with zero attached hydrogens (tertiary/aromatic N) is 4. The van der Waals surface area contributed by atoms with Gasteiger partial charge < -0.3 is 9.72 Å². The summed E-state index contributed by atoms with van der Waals surface area (Å²) in [6.45, 7) is 7.75. The molecule has 1 N–H and O–H groups in total. The lowest BCUT2D eigenvalue weighted by Gasteiger charge is -2.12. The van der Waals surface area contributed by atoms with E-state index >= 15 is 0 Å². The number of fused-ring (bicyclic) bond motifs is 3. The summed E-state index contributed by atoms with van der Waals surface area (Å²) in [4.78, 5) is 41.4. The monoisotopic (exact) mass is 467 g/mol. The van der Waals surface area contributed by atoms with Gasteiger partial charge in [0, 0.05) is 12.2 Å². The van der Waals surface area contributed by atoms with Crippen LogP contribution in [0.1, 0.15) is 52.4 Å². The number of aromatic nitrogens is 5. The predicted octanol–water partition coefficient (Wildman–Crippen LogP) is 3.55. The second kappa shape index (κ2) is 8.86. The number of carbonyl (C=O) groups is 2. The molecule has 0 spiro atoms. The second-order valence-corrected chi connectivity index (χ2v) is 9.14. The molecule has 0 radical (unpaired) electrons. The predicted molar refractivity (Wildman–Crippen MR) is 126 cm³/mol. The molecule has 0 amide bonds. The molecule has 0 fully saturated rings. The molecular formula is C23H25N5O4S. The highest BCUT2D eigenvalue weighted by molar-refractivity contribution is 8.00. The van der Waals surface area contributed by atoms with Crippen LogP contribution in [0, 0.1) is 13.8 Å². The highest BCUT2D eigenvalue weighted by Crippen LogP contribution is 2.29. The molecule has 3 heterocycles. The summed E-state index contributed by atoms with van der Waals surface area (Å²) in [6, 6.07) is 7.31. The molecule has 0 saturated heterocycles. The van der Waals surface area contributed by atoms with Gasteiger partial charge in [0.1, 0.15) is 0 Å². The Kier molecular flexibility index (Phi) is 6.11. The number of hydrogen-bond acceptors (Lipinski definition) is 7. The van der Waals surface area contributed by atoms with E-state index in [9.17, 15) is 14.4 Å². The fourth-order valence-corrected chi connectivity index (χ4v) is 4.97. The Hall–Kier alpha value is -3.40. The fourth-order valence-electron chi connectivity index (χ4n) is 4.05. The number of nitrogens with one attached hydrogen (secondary N) is 1. The molecule has 1 aromatic carbocycles. The Labute approximate surface area is 194 Å². The molecule has 0 aliphatic rings. The number of benzene rings is 1. The van der Waals surface area contributed by atoms with Gasteiger partial charge in [-0.1, -0.05) is 30.8 Å². The molecular weight excluding hydrogens is 442 g/mol. The van der Waals surface area contributed by atoms with Crippen LogP contribution in [0.5, 0.6) is 0 Å². The zero-order valence-electron chi connectivity index (χ0n) is 19.1. The number of esters is 1. The van der Waals surface area contributed by atoms with E-state index in [2.05, 4.69) is 15.2 Å². The van der Waals surface area contributed by atoms with Crippen molar-refractivity contribution < 1.29 is 14.3 Å². The summed E-state index contributed by atoms with van der Waals surface area (Å²) in [5, 5.41) is 9.15. The SMILES string of the molecule is CCCn1c(=O)c2ccccc2n2c(SC(C)C(=O)c3[nH]c(C)c(C(=O)OC)c3C)nnc12. The van der Waals surface area contributed by atoms with Crippen molar-refractivity contribution in [3.8, 4) is 0 Å². The fraction of sp³-hybridized carbons (Fsp3) is 0.348. The molecule has 33 heavy (non-hydrogen) atoms. The third-order valence-electron chi connectivity index (χ3n) is 5.65. The number of Topliss-reactive ketones (excluding diaryl/α,β-unsaturated/α-hetero) is 1. The molecule has 4 aromatic rings. The molecule has 4 rings (SSSR count). The van der Waals surface area contributed by atoms with E-state index < -0.39 is 11.2 Å². The number of H-pyrrole nitrogens is 1. The van der Waals surface area contributed by atoms with E-state index in [4.69, 9.17) is 4.74 Å². The Morgan fingerprint density at radius 3 is 2.64 bits per heavy atom. The van der Waals surface area contributed by atoms with Crippen LogP contribution in [-0.4, -0.2) is 48.3 Å². The van der Waals surface area contributed by atoms with Crippen LogP contribution in [0.4, 0.5) is 0 Å². The minimum atomic E-state index is -0.523. The number of aryl methyl sites for hydroxylation is 2. The Morgan fingerprint density at radius 1 is 1.21 bits per heavy atom. The highest BCUT2D eigenvalue weighted by Gasteiger charge is 2.27. The Morgan fingerprint density at radius 2 is 1.94 bits per heavy atom. The van der Waals surface area contributed by atoms with Crippen molar-refractivity contribution in [3.63, 3.8) is 0 Å². The van der Waals surface area contributed by atoms with Crippen molar-refractivity contribution in [1.29, 1.82) is 0 Å². The topological polar surface area (TPSA) is 111 Å². The van der Waals surface area contributed by atoms with Gasteiger partial charge in [0.05, 0.1) is 34.5 Å². The molecule has 3 aromatic heterocycles. The normalized spacial score (nSPS) is 12.4. The maximum absolute atomic E-state index is 13.3. The van der Waals surface area contributed by atoms with Crippen LogP contribution in [0.3, 0.4) is 0 Å². The lowest BCUT2D eigenvalue weighted by Crippen LogP contribution is -2.23. The minimum absolute atomic E-state index is 0.110. The summed E-state index contributed by atoms with van der Waals surface area (Å²) in [7, 11) is 1.31. The number of para-hydroxylation sites is 1. The smallest absolute Gasteiger partial charge is 0.339 e. The van der Waals surface area contributed by atoms with Gasteiger partial charge in [-0.15, -0.1) is 10.2 Å². The molecule has 10 heteroatoms. The van der Waals surface area contributed by atoms with Gasteiger partial charge in [0.15, 0.2) is 10.9 Å². The second-order valence-electron chi connectivity index (χ2n) is 7.83. The van der Waals surface area contributed by atoms with E-state index in [1.54, 1.807) is 31.4 Å². The number of methoxy groups -OCH3 is 1. The Balaban J connectivity index is 1.77. The van der Waals surface area contributed by atoms with Crippen molar-refractivity contribution in [2.24, 2.45) is 0 Å². The van der Waals surface area contributed by atoms with Crippen molar-refractivity contribution in [2.45, 2.75) is 51.1 Å². The number of rotatable bonds is 7. The number of hydrogen-bond donors (Lipinski definition) is 1. The standard InChI is InChI=1S/C23H25N5O4S/c1-6-11-27-20(30)15-9-7-8-10-16(15)28-22(27)25-26-23(28)33-14(4)19(29)18-12(2)17(13(3)24-18)21(31)32-5/h7-10,14,24H,6,11H2,1-5H3. The molecule has 1 atom stereocenters. The largest absolute Gasteiger partial charge is 0.465 e. The quantitative estimate of drug-likeness (QED) is 0.251. The first-order chi connectivity index (χ1) is 15.8. The zero-order valence-corrected chi connectivity index (χ0v) is 19.9. The zero-order chi connectivity index (χ0) is 23.9. The first kappa shape index (κ1) is 22.8. The van der Waals surface area contributed by atoms with Crippen LogP contribution in [0.2, 0.25) is 0 Å². The number of ether oxygens (including phenoxy) is 1. The van der Waals surface area contributed by atoms with Crippen LogP contribution in [0.25, 0.3) is 16.7 Å². The number of carbonyl (C=O) groups excluding carboxylic acids is 2. The van der Waals surface area contributed by atoms with Gasteiger partial charge in [-0.25, -0.2) is 4.79 Å². The molecule has 0 saturated carbocycles. The molecule has 1 unspecified atom stereocenters. The first-order valence-corrected chi connectivity index (χ1v) is 11.5. The van der Waals surface area contributed by atoms with E-state index in [-0.39, 0.29) is 11.3 Å². The number of aromatic amines is 1. The van der Waals surface area contributed by atoms with Gasteiger partial charge in [-0.2, -0.15) is 0 Å². The van der Waals surface area contributed by atoms with Crippen molar-refractivity contribution >= 4 is 40.2 Å². The first-order valence-electron chi connectivity index (χ1n) is 10.6. The summed E-state index contributed by atoms with van der Waals surface area (Å²) >= 11 is 1.26. The third kappa shape index (κ3) is 3.74. The van der Waals surface area contributed by atoms with E-state index in [0.29, 0.717) is 50.9 Å². The van der Waals surface area contributed by atoms with Crippen LogP contribution in [0.15, 0.2) is 34.2 Å². The van der Waals surface area contributed by atoms with Gasteiger partial charge in [0.2, 0.25) is 5.78 Å². The minimum Gasteiger partial charge on any atom is -0.465 e. The highest BCUT2D eigenvalue weighted by atomic mass is 32.2. The third-order valence-corrected chi connectivity index (χ3v) is 6.69. The lowest BCUT2D eigenvalue weighted by atomic mass is 10.1. The van der Waals surface area contributed by atoms with Gasteiger partial charge in [0.25, 0.3) is 5.56 Å². The average molecular weight is 468 g/mol. The van der Waals surface area contributed by atoms with Crippen molar-refractivity contribution in [3.05, 3.63) is 57.1 Å². The van der Waals surface area contributed by atoms with Gasteiger partial charge in [-0.05, 0) is 44.9 Å². The van der Waals surface area contributed by atoms with Crippen LogP contribution < -0.4 is 5.56 Å². The summed E-state index contributed by atoms with van der Waals surface area (Å²) < 4.78 is 8.29. The average Bonchev–Trinajstić information content (AvgIpc) is 3.35. The van der Waals surface area contributed by atoms with Crippen LogP contribution >= 0.6 is 11.8 Å². The Bertz CT molecular complexity index is 1450. The summed E-state index contributed by atoms with van der Waals surface area (Å²) in [5.41, 5.74) is 2.47. The van der Waals surface area contributed by atoms with E-state index in [0.717, 1.165) is 6.42 Å². The maximum atomic E-state index is 13.3. The lowest BCUT2D eigenvalue weighted by molar-refractivity contribution is 0.0599. The van der Waals surface area contributed by atoms with Crippen LogP contribution in [-0.2, 0) is 11.3 Å². The van der Waals surface area contributed by atoms with Gasteiger partial charge >= 0.3 is 5.97 Å². The number of thioether (sulfide) groups is 1. The summed E-state index contributed by atoms with van der Waals surface area (Å²) in [5.74, 6) is -0.203.